The van der Waals surface area contributed by atoms with Crippen LogP contribution < -0.4 is 10.6 Å². The third-order valence-corrected chi connectivity index (χ3v) is 2.07. The van der Waals surface area contributed by atoms with Crippen LogP contribution in [0.3, 0.4) is 0 Å². The van der Waals surface area contributed by atoms with Gasteiger partial charge < -0.3 is 10.6 Å². The van der Waals surface area contributed by atoms with Crippen LogP contribution in [0.15, 0.2) is 0 Å². The Labute approximate surface area is 96.0 Å². The van der Waals surface area contributed by atoms with E-state index < -0.39 is 12.6 Å². The van der Waals surface area contributed by atoms with Gasteiger partial charge in [-0.25, -0.2) is 0 Å². The van der Waals surface area contributed by atoms with Crippen LogP contribution >= 0.6 is 0 Å². The molecule has 0 saturated carbocycles. The molecule has 1 unspecified atom stereocenters. The van der Waals surface area contributed by atoms with Crippen molar-refractivity contribution in [1.29, 1.82) is 0 Å². The number of hydrogen-bond acceptors (Lipinski definition) is 2. The van der Waals surface area contributed by atoms with Gasteiger partial charge in [0.2, 0.25) is 0 Å². The van der Waals surface area contributed by atoms with E-state index in [-0.39, 0.29) is 18.0 Å². The van der Waals surface area contributed by atoms with Gasteiger partial charge in [0.1, 0.15) is 0 Å². The van der Waals surface area contributed by atoms with Crippen molar-refractivity contribution in [3.8, 4) is 0 Å². The Morgan fingerprint density at radius 1 is 1.12 bits per heavy atom. The molecule has 2 N–H and O–H groups in total. The summed E-state index contributed by atoms with van der Waals surface area (Å²) in [6.07, 6.45) is -4.60. The average Bonchev–Trinajstić information content (AvgIpc) is 2.06. The molecule has 0 saturated heterocycles. The summed E-state index contributed by atoms with van der Waals surface area (Å²) >= 11 is 0. The van der Waals surface area contributed by atoms with E-state index >= 15 is 0 Å². The maximum absolute atomic E-state index is 11.8. The Kier molecular flexibility index (Phi) is 6.33. The number of nitrogens with one attached hydrogen (secondary N) is 2. The van der Waals surface area contributed by atoms with Gasteiger partial charge in [0.25, 0.3) is 0 Å². The fourth-order valence-electron chi connectivity index (χ4n) is 1.17. The van der Waals surface area contributed by atoms with Crippen molar-refractivity contribution in [3.05, 3.63) is 0 Å². The van der Waals surface area contributed by atoms with Gasteiger partial charge in [-0.2, -0.15) is 13.2 Å². The van der Waals surface area contributed by atoms with E-state index in [1.165, 1.54) is 0 Å². The molecule has 1 atom stereocenters. The summed E-state index contributed by atoms with van der Waals surface area (Å²) in [5.41, 5.74) is 0.0436. The fraction of sp³-hybridized carbons (Fsp3) is 1.00. The average molecular weight is 240 g/mol. The second-order valence-corrected chi connectivity index (χ2v) is 5.20. The van der Waals surface area contributed by atoms with Crippen molar-refractivity contribution >= 4 is 0 Å². The van der Waals surface area contributed by atoms with Crippen LogP contribution in [0.1, 0.15) is 40.5 Å². The van der Waals surface area contributed by atoms with E-state index in [4.69, 9.17) is 0 Å². The molecule has 2 nitrogen and oxygen atoms in total. The van der Waals surface area contributed by atoms with Gasteiger partial charge in [-0.1, -0.05) is 0 Å². The zero-order valence-corrected chi connectivity index (χ0v) is 10.5. The van der Waals surface area contributed by atoms with Crippen LogP contribution in [-0.2, 0) is 0 Å². The van der Waals surface area contributed by atoms with Gasteiger partial charge >= 0.3 is 6.18 Å². The molecule has 0 aliphatic carbocycles. The lowest BCUT2D eigenvalue weighted by molar-refractivity contribution is -0.135. The summed E-state index contributed by atoms with van der Waals surface area (Å²) in [5, 5.41) is 6.36. The molecule has 0 fully saturated rings. The predicted octanol–water partition coefficient (Wildman–Crippen LogP) is 2.70. The number of halogens is 3. The first-order valence-corrected chi connectivity index (χ1v) is 5.65. The SMILES string of the molecule is CC(CNC(C)(C)C)NCCCC(F)(F)F. The normalized spacial score (nSPS) is 15.2. The first-order valence-electron chi connectivity index (χ1n) is 5.65. The van der Waals surface area contributed by atoms with E-state index in [9.17, 15) is 13.2 Å². The molecule has 0 rings (SSSR count). The number of rotatable bonds is 6. The molecule has 98 valence electrons. The van der Waals surface area contributed by atoms with Gasteiger partial charge in [0.15, 0.2) is 0 Å². The third-order valence-electron chi connectivity index (χ3n) is 2.07. The van der Waals surface area contributed by atoms with E-state index in [1.807, 2.05) is 6.92 Å². The van der Waals surface area contributed by atoms with Gasteiger partial charge in [-0.3, -0.25) is 0 Å². The molecule has 0 aliphatic heterocycles. The summed E-state index contributed by atoms with van der Waals surface area (Å²) in [6, 6.07) is 0.187. The zero-order valence-electron chi connectivity index (χ0n) is 10.5. The maximum Gasteiger partial charge on any atom is 0.389 e. The summed E-state index contributed by atoms with van der Waals surface area (Å²) in [6.45, 7) is 9.31. The fourth-order valence-corrected chi connectivity index (χ4v) is 1.17. The molecule has 0 spiro atoms. The molecular weight excluding hydrogens is 217 g/mol. The molecule has 0 radical (unpaired) electrons. The van der Waals surface area contributed by atoms with E-state index in [1.54, 1.807) is 0 Å². The highest BCUT2D eigenvalue weighted by Gasteiger charge is 2.25. The van der Waals surface area contributed by atoms with Gasteiger partial charge in [0, 0.05) is 24.5 Å². The molecule has 16 heavy (non-hydrogen) atoms. The van der Waals surface area contributed by atoms with Crippen LogP contribution in [0, 0.1) is 0 Å². The monoisotopic (exact) mass is 240 g/mol. The summed E-state index contributed by atoms with van der Waals surface area (Å²) in [4.78, 5) is 0. The molecule has 0 aromatic heterocycles. The summed E-state index contributed by atoms with van der Waals surface area (Å²) < 4.78 is 35.5. The minimum atomic E-state index is -4.03. The van der Waals surface area contributed by atoms with Crippen molar-refractivity contribution < 1.29 is 13.2 Å². The summed E-state index contributed by atoms with van der Waals surface area (Å²) in [5.74, 6) is 0. The lowest BCUT2D eigenvalue weighted by atomic mass is 10.1. The van der Waals surface area contributed by atoms with Crippen molar-refractivity contribution in [1.82, 2.24) is 10.6 Å². The zero-order chi connectivity index (χ0) is 12.8. The Morgan fingerprint density at radius 2 is 1.69 bits per heavy atom. The minimum absolute atomic E-state index is 0.0436. The van der Waals surface area contributed by atoms with Gasteiger partial charge in [0.05, 0.1) is 0 Å². The van der Waals surface area contributed by atoms with Gasteiger partial charge in [-0.05, 0) is 40.7 Å². The number of alkyl halides is 3. The largest absolute Gasteiger partial charge is 0.389 e. The van der Waals surface area contributed by atoms with Crippen molar-refractivity contribution in [2.45, 2.75) is 58.3 Å². The van der Waals surface area contributed by atoms with Crippen LogP contribution in [0.2, 0.25) is 0 Å². The molecular formula is C11H23F3N2. The molecule has 0 heterocycles. The predicted molar refractivity (Wildman–Crippen MR) is 60.5 cm³/mol. The van der Waals surface area contributed by atoms with E-state index in [2.05, 4.69) is 31.4 Å². The van der Waals surface area contributed by atoms with Crippen LogP contribution in [0.5, 0.6) is 0 Å². The topological polar surface area (TPSA) is 24.1 Å². The number of hydrogen-bond donors (Lipinski definition) is 2. The Balaban J connectivity index is 3.48. The highest BCUT2D eigenvalue weighted by Crippen LogP contribution is 2.20. The lowest BCUT2D eigenvalue weighted by Crippen LogP contribution is -2.44. The molecule has 5 heteroatoms. The maximum atomic E-state index is 11.8. The molecule has 0 aromatic carbocycles. The Morgan fingerprint density at radius 3 is 2.12 bits per heavy atom. The molecule has 0 aliphatic rings. The minimum Gasteiger partial charge on any atom is -0.313 e. The molecule has 0 aromatic rings. The smallest absolute Gasteiger partial charge is 0.313 e. The van der Waals surface area contributed by atoms with Crippen molar-refractivity contribution in [2.24, 2.45) is 0 Å². The molecule has 0 amide bonds. The second-order valence-electron chi connectivity index (χ2n) is 5.20. The van der Waals surface area contributed by atoms with Crippen molar-refractivity contribution in [3.63, 3.8) is 0 Å². The van der Waals surface area contributed by atoms with Crippen LogP contribution in [0.25, 0.3) is 0 Å². The van der Waals surface area contributed by atoms with Crippen LogP contribution in [-0.4, -0.2) is 30.8 Å². The quantitative estimate of drug-likeness (QED) is 0.697. The lowest BCUT2D eigenvalue weighted by Gasteiger charge is -2.24. The summed E-state index contributed by atoms with van der Waals surface area (Å²) in [7, 11) is 0. The first kappa shape index (κ1) is 15.7. The first-order chi connectivity index (χ1) is 7.10. The third kappa shape index (κ3) is 11.8. The highest BCUT2D eigenvalue weighted by molar-refractivity contribution is 4.74. The van der Waals surface area contributed by atoms with E-state index in [0.29, 0.717) is 6.54 Å². The highest BCUT2D eigenvalue weighted by atomic mass is 19.4. The van der Waals surface area contributed by atoms with Crippen LogP contribution in [0.4, 0.5) is 13.2 Å². The van der Waals surface area contributed by atoms with Crippen molar-refractivity contribution in [2.75, 3.05) is 13.1 Å². The Hall–Kier alpha value is -0.290. The van der Waals surface area contributed by atoms with E-state index in [0.717, 1.165) is 6.54 Å². The standard InChI is InChI=1S/C11H23F3N2/c1-9(8-16-10(2,3)4)15-7-5-6-11(12,13)14/h9,15-16H,5-8H2,1-4H3. The van der Waals surface area contributed by atoms with Gasteiger partial charge in [-0.15, -0.1) is 0 Å². The molecule has 0 bridgehead atoms. The second kappa shape index (κ2) is 6.45. The Bertz CT molecular complexity index is 185.